The molecule has 8 bridgehead atoms. The van der Waals surface area contributed by atoms with E-state index in [2.05, 4.69) is 12.1 Å². The van der Waals surface area contributed by atoms with Crippen molar-refractivity contribution in [2.24, 2.45) is 35.5 Å². The highest BCUT2D eigenvalue weighted by atomic mass is 32.2. The normalized spacial score (nSPS) is 37.0. The second-order valence-electron chi connectivity index (χ2n) is 17.7. The second kappa shape index (κ2) is 10.6. The van der Waals surface area contributed by atoms with Gasteiger partial charge in [0.1, 0.15) is 20.8 Å². The van der Waals surface area contributed by atoms with Crippen LogP contribution in [-0.2, 0) is 43.9 Å². The SMILES string of the molecule is CC(C)c1cc(S(=O)(=O)[O-])c2c(c1OS(=O)(=O)c1cc(C34CC5CC(CC(C5)C3)C4)ccc1C13CC4CC(CC(C4)C1)C3)CCCC2. The fraction of sp³-hybridized carbons (Fsp3) is 0.692. The van der Waals surface area contributed by atoms with Crippen molar-refractivity contribution in [2.45, 2.75) is 143 Å². The van der Waals surface area contributed by atoms with Crippen LogP contribution in [0.15, 0.2) is 34.1 Å². The zero-order valence-corrected chi connectivity index (χ0v) is 29.6. The van der Waals surface area contributed by atoms with Gasteiger partial charge >= 0.3 is 10.1 Å². The summed E-state index contributed by atoms with van der Waals surface area (Å²) >= 11 is 0. The van der Waals surface area contributed by atoms with Gasteiger partial charge in [-0.05, 0) is 184 Å². The maximum Gasteiger partial charge on any atom is 0.339 e. The van der Waals surface area contributed by atoms with Gasteiger partial charge in [0.2, 0.25) is 0 Å². The molecule has 8 heteroatoms. The molecule has 8 fully saturated rings. The Morgan fingerprint density at radius 1 is 0.681 bits per heavy atom. The molecule has 0 saturated heterocycles. The molecule has 2 aromatic carbocycles. The maximum absolute atomic E-state index is 15.0. The molecular formula is C39H49O6S2-. The summed E-state index contributed by atoms with van der Waals surface area (Å²) in [5.74, 6) is 4.28. The van der Waals surface area contributed by atoms with Gasteiger partial charge in [0.15, 0.2) is 0 Å². The van der Waals surface area contributed by atoms with E-state index in [4.69, 9.17) is 4.18 Å². The maximum atomic E-state index is 15.0. The molecule has 9 aliphatic carbocycles. The van der Waals surface area contributed by atoms with E-state index >= 15 is 8.42 Å². The van der Waals surface area contributed by atoms with E-state index in [1.54, 1.807) is 0 Å². The van der Waals surface area contributed by atoms with Crippen molar-refractivity contribution in [3.05, 3.63) is 52.1 Å². The predicted molar refractivity (Wildman–Crippen MR) is 179 cm³/mol. The van der Waals surface area contributed by atoms with Gasteiger partial charge in [0, 0.05) is 11.1 Å². The Labute approximate surface area is 281 Å². The van der Waals surface area contributed by atoms with Crippen LogP contribution < -0.4 is 4.18 Å². The molecule has 9 aliphatic rings. The lowest BCUT2D eigenvalue weighted by atomic mass is 9.47. The molecule has 0 radical (unpaired) electrons. The van der Waals surface area contributed by atoms with Gasteiger partial charge in [-0.15, -0.1) is 0 Å². The molecular weight excluding hydrogens is 629 g/mol. The van der Waals surface area contributed by atoms with E-state index in [9.17, 15) is 13.0 Å². The standard InChI is InChI=1S/C39H50O6S2/c1-23(2)33-16-35(46(40,41)42)31-5-3-4-6-32(31)37(33)45-47(43,44)36-15-30(38-17-24-9-25(18-38)11-26(10-24)19-38)7-8-34(36)39-20-27-12-28(21-39)14-29(13-27)22-39/h7-8,15-16,23-29H,3-6,9-14,17-22H2,1-2H3,(H,40,41,42)/p-1. The van der Waals surface area contributed by atoms with Gasteiger partial charge < -0.3 is 8.74 Å². The highest BCUT2D eigenvalue weighted by Crippen LogP contribution is 2.64. The van der Waals surface area contributed by atoms with Crippen LogP contribution in [0.4, 0.5) is 0 Å². The third-order valence-electron chi connectivity index (χ3n) is 14.2. The third-order valence-corrected chi connectivity index (χ3v) is 16.3. The van der Waals surface area contributed by atoms with E-state index in [-0.39, 0.29) is 27.4 Å². The molecule has 0 atom stereocenters. The molecule has 0 spiro atoms. The van der Waals surface area contributed by atoms with E-state index in [1.165, 1.54) is 50.2 Å². The van der Waals surface area contributed by atoms with Crippen LogP contribution in [0.3, 0.4) is 0 Å². The Morgan fingerprint density at radius 2 is 1.17 bits per heavy atom. The van der Waals surface area contributed by atoms with E-state index in [0.717, 1.165) is 74.7 Å². The topological polar surface area (TPSA) is 101 Å². The van der Waals surface area contributed by atoms with Crippen molar-refractivity contribution in [1.29, 1.82) is 0 Å². The van der Waals surface area contributed by atoms with Crippen molar-refractivity contribution in [3.8, 4) is 5.75 Å². The van der Waals surface area contributed by atoms with Gasteiger partial charge in [0.05, 0.1) is 4.90 Å². The number of fused-ring (bicyclic) bond motifs is 1. The van der Waals surface area contributed by atoms with Crippen LogP contribution in [0.2, 0.25) is 0 Å². The summed E-state index contributed by atoms with van der Waals surface area (Å²) < 4.78 is 73.8. The predicted octanol–water partition coefficient (Wildman–Crippen LogP) is 8.30. The number of benzene rings is 2. The summed E-state index contributed by atoms with van der Waals surface area (Å²) in [6, 6.07) is 7.99. The third kappa shape index (κ3) is 4.99. The largest absolute Gasteiger partial charge is 0.744 e. The van der Waals surface area contributed by atoms with Crippen LogP contribution >= 0.6 is 0 Å². The van der Waals surface area contributed by atoms with Crippen LogP contribution in [0, 0.1) is 35.5 Å². The van der Waals surface area contributed by atoms with Crippen LogP contribution in [0.1, 0.15) is 137 Å². The Bertz CT molecular complexity index is 1780. The molecule has 0 N–H and O–H groups in total. The van der Waals surface area contributed by atoms with Crippen molar-refractivity contribution in [1.82, 2.24) is 0 Å². The average Bonchev–Trinajstić information content (AvgIpc) is 2.99. The summed E-state index contributed by atoms with van der Waals surface area (Å²) in [4.78, 5) is 0.145. The number of hydrogen-bond donors (Lipinski definition) is 0. The molecule has 6 nitrogen and oxygen atoms in total. The molecule has 0 aromatic heterocycles. The molecule has 0 amide bonds. The van der Waals surface area contributed by atoms with Crippen molar-refractivity contribution in [2.75, 3.05) is 0 Å². The summed E-state index contributed by atoms with van der Waals surface area (Å²) in [5.41, 5.74) is 3.58. The van der Waals surface area contributed by atoms with Crippen molar-refractivity contribution < 1.29 is 25.6 Å². The highest BCUT2D eigenvalue weighted by molar-refractivity contribution is 7.87. The highest BCUT2D eigenvalue weighted by Gasteiger charge is 2.55. The molecule has 0 unspecified atom stereocenters. The Hall–Kier alpha value is -1.90. The molecule has 47 heavy (non-hydrogen) atoms. The fourth-order valence-corrected chi connectivity index (χ4v) is 15.3. The average molecular weight is 678 g/mol. The first-order valence-electron chi connectivity index (χ1n) is 18.5. The van der Waals surface area contributed by atoms with Crippen molar-refractivity contribution in [3.63, 3.8) is 0 Å². The zero-order chi connectivity index (χ0) is 32.5. The minimum atomic E-state index is -4.73. The smallest absolute Gasteiger partial charge is 0.339 e. The first kappa shape index (κ1) is 31.1. The Balaban J connectivity index is 1.20. The molecule has 254 valence electrons. The first-order valence-corrected chi connectivity index (χ1v) is 21.4. The first-order chi connectivity index (χ1) is 22.3. The summed E-state index contributed by atoms with van der Waals surface area (Å²) in [7, 11) is -9.03. The van der Waals surface area contributed by atoms with E-state index in [0.29, 0.717) is 52.2 Å². The quantitative estimate of drug-likeness (QED) is 0.216. The van der Waals surface area contributed by atoms with Gasteiger partial charge in [-0.2, -0.15) is 8.42 Å². The van der Waals surface area contributed by atoms with Crippen LogP contribution in [0.25, 0.3) is 0 Å². The minimum absolute atomic E-state index is 0.0470. The molecule has 2 aromatic rings. The molecule has 0 aliphatic heterocycles. The monoisotopic (exact) mass is 677 g/mol. The molecule has 8 saturated carbocycles. The van der Waals surface area contributed by atoms with Gasteiger partial charge in [-0.1, -0.05) is 26.0 Å². The minimum Gasteiger partial charge on any atom is -0.744 e. The van der Waals surface area contributed by atoms with E-state index < -0.39 is 20.2 Å². The molecule has 0 heterocycles. The van der Waals surface area contributed by atoms with Gasteiger partial charge in [0.25, 0.3) is 0 Å². The fourth-order valence-electron chi connectivity index (χ4n) is 13.2. The van der Waals surface area contributed by atoms with Gasteiger partial charge in [-0.3, -0.25) is 0 Å². The number of hydrogen-bond acceptors (Lipinski definition) is 6. The van der Waals surface area contributed by atoms with E-state index in [1.807, 2.05) is 19.9 Å². The summed E-state index contributed by atoms with van der Waals surface area (Å²) in [6.07, 6.45) is 17.0. The lowest BCUT2D eigenvalue weighted by Gasteiger charge is -2.58. The van der Waals surface area contributed by atoms with Gasteiger partial charge in [-0.25, -0.2) is 8.42 Å². The lowest BCUT2D eigenvalue weighted by molar-refractivity contribution is -0.00808. The number of rotatable bonds is 7. The summed E-state index contributed by atoms with van der Waals surface area (Å²) in [6.45, 7) is 3.81. The summed E-state index contributed by atoms with van der Waals surface area (Å²) in [5, 5.41) is 0. The van der Waals surface area contributed by atoms with Crippen LogP contribution in [0.5, 0.6) is 5.75 Å². The lowest BCUT2D eigenvalue weighted by Crippen LogP contribution is -2.50. The van der Waals surface area contributed by atoms with Crippen molar-refractivity contribution >= 4 is 20.2 Å². The molecule has 11 rings (SSSR count). The van der Waals surface area contributed by atoms with Crippen LogP contribution in [-0.4, -0.2) is 21.4 Å². The zero-order valence-electron chi connectivity index (χ0n) is 27.9. The Morgan fingerprint density at radius 3 is 1.66 bits per heavy atom. The second-order valence-corrected chi connectivity index (χ2v) is 20.6. The Kier molecular flexibility index (Phi) is 6.99.